The largest absolute Gasteiger partial charge is 0.476 e. The monoisotopic (exact) mass is 264 g/mol. The Morgan fingerprint density at radius 1 is 1.53 bits per heavy atom. The van der Waals surface area contributed by atoms with Crippen LogP contribution in [0.5, 0.6) is 0 Å². The molecule has 0 unspecified atom stereocenters. The Labute approximate surface area is 110 Å². The number of hydrogen-bond donors (Lipinski definition) is 1. The average molecular weight is 264 g/mol. The highest BCUT2D eigenvalue weighted by Crippen LogP contribution is 2.14. The van der Waals surface area contributed by atoms with Crippen molar-refractivity contribution in [3.8, 4) is 0 Å². The molecule has 102 valence electrons. The topological polar surface area (TPSA) is 94.0 Å². The van der Waals surface area contributed by atoms with Gasteiger partial charge in [0.15, 0.2) is 5.69 Å². The predicted octanol–water partition coefficient (Wildman–Crippen LogP) is 1.52. The molecule has 0 bridgehead atoms. The number of nitrogens with zero attached hydrogens (tertiary/aromatic N) is 4. The van der Waals surface area contributed by atoms with Crippen LogP contribution in [0.3, 0.4) is 0 Å². The first kappa shape index (κ1) is 13.3. The standard InChI is InChI=1S/C12H16N4O3/c1-7(2)4-10-11(12(17)18)13-15-16(10)6-9-5-8(3)19-14-9/h5,7H,4,6H2,1-3H3,(H,17,18). The molecule has 2 heterocycles. The van der Waals surface area contributed by atoms with E-state index in [1.165, 1.54) is 0 Å². The van der Waals surface area contributed by atoms with Crippen molar-refractivity contribution in [2.75, 3.05) is 0 Å². The van der Waals surface area contributed by atoms with Gasteiger partial charge in [0.05, 0.1) is 12.2 Å². The summed E-state index contributed by atoms with van der Waals surface area (Å²) in [5.41, 5.74) is 1.32. The van der Waals surface area contributed by atoms with E-state index in [4.69, 9.17) is 9.63 Å². The van der Waals surface area contributed by atoms with Gasteiger partial charge in [-0.15, -0.1) is 5.10 Å². The highest BCUT2D eigenvalue weighted by atomic mass is 16.5. The zero-order valence-electron chi connectivity index (χ0n) is 11.1. The van der Waals surface area contributed by atoms with Crippen LogP contribution in [0.1, 0.15) is 41.5 Å². The lowest BCUT2D eigenvalue weighted by Crippen LogP contribution is -2.12. The molecule has 0 aromatic carbocycles. The molecule has 0 fully saturated rings. The Morgan fingerprint density at radius 2 is 2.26 bits per heavy atom. The van der Waals surface area contributed by atoms with Crippen LogP contribution in [0.2, 0.25) is 0 Å². The van der Waals surface area contributed by atoms with Crippen molar-refractivity contribution in [1.82, 2.24) is 20.2 Å². The molecular formula is C12H16N4O3. The lowest BCUT2D eigenvalue weighted by atomic mass is 10.1. The number of hydrogen-bond acceptors (Lipinski definition) is 5. The van der Waals surface area contributed by atoms with Gasteiger partial charge in [0.2, 0.25) is 0 Å². The average Bonchev–Trinajstić information content (AvgIpc) is 2.87. The normalized spacial score (nSPS) is 11.2. The quantitative estimate of drug-likeness (QED) is 0.879. The van der Waals surface area contributed by atoms with Gasteiger partial charge in [0.25, 0.3) is 0 Å². The van der Waals surface area contributed by atoms with Crippen molar-refractivity contribution in [3.63, 3.8) is 0 Å². The van der Waals surface area contributed by atoms with Crippen molar-refractivity contribution < 1.29 is 14.4 Å². The summed E-state index contributed by atoms with van der Waals surface area (Å²) in [6.07, 6.45) is 0.603. The molecule has 2 rings (SSSR count). The number of carboxylic acids is 1. The van der Waals surface area contributed by atoms with Crippen LogP contribution in [0, 0.1) is 12.8 Å². The van der Waals surface area contributed by atoms with E-state index in [2.05, 4.69) is 15.5 Å². The molecule has 1 N–H and O–H groups in total. The third kappa shape index (κ3) is 2.98. The highest BCUT2D eigenvalue weighted by molar-refractivity contribution is 5.86. The number of aromatic carboxylic acids is 1. The van der Waals surface area contributed by atoms with Gasteiger partial charge in [0, 0.05) is 6.07 Å². The lowest BCUT2D eigenvalue weighted by molar-refractivity contribution is 0.0689. The highest BCUT2D eigenvalue weighted by Gasteiger charge is 2.20. The maximum atomic E-state index is 11.1. The summed E-state index contributed by atoms with van der Waals surface area (Å²) in [7, 11) is 0. The molecule has 0 saturated carbocycles. The van der Waals surface area contributed by atoms with Crippen molar-refractivity contribution in [2.24, 2.45) is 5.92 Å². The summed E-state index contributed by atoms with van der Waals surface area (Å²) in [6, 6.07) is 1.79. The van der Waals surface area contributed by atoms with E-state index >= 15 is 0 Å². The zero-order valence-corrected chi connectivity index (χ0v) is 11.1. The molecule has 7 heteroatoms. The van der Waals surface area contributed by atoms with E-state index in [1.54, 1.807) is 17.7 Å². The first-order valence-corrected chi connectivity index (χ1v) is 6.05. The zero-order chi connectivity index (χ0) is 14.0. The maximum absolute atomic E-state index is 11.1. The molecule has 19 heavy (non-hydrogen) atoms. The molecule has 2 aromatic heterocycles. The van der Waals surface area contributed by atoms with Crippen LogP contribution in [0.4, 0.5) is 0 Å². The first-order valence-electron chi connectivity index (χ1n) is 6.05. The minimum atomic E-state index is -1.06. The predicted molar refractivity (Wildman–Crippen MR) is 65.9 cm³/mol. The lowest BCUT2D eigenvalue weighted by Gasteiger charge is -2.07. The van der Waals surface area contributed by atoms with Gasteiger partial charge in [-0.25, -0.2) is 9.48 Å². The van der Waals surface area contributed by atoms with E-state index in [9.17, 15) is 4.79 Å². The molecule has 2 aromatic rings. The van der Waals surface area contributed by atoms with Gasteiger partial charge < -0.3 is 9.63 Å². The molecule has 0 aliphatic rings. The van der Waals surface area contributed by atoms with Gasteiger partial charge in [-0.2, -0.15) is 0 Å². The number of aryl methyl sites for hydroxylation is 1. The summed E-state index contributed by atoms with van der Waals surface area (Å²) < 4.78 is 6.55. The van der Waals surface area contributed by atoms with Crippen LogP contribution in [0.25, 0.3) is 0 Å². The van der Waals surface area contributed by atoms with E-state index < -0.39 is 5.97 Å². The van der Waals surface area contributed by atoms with E-state index in [0.29, 0.717) is 36.0 Å². The molecule has 0 amide bonds. The molecule has 0 radical (unpaired) electrons. The Kier molecular flexibility index (Phi) is 3.64. The molecule has 0 saturated heterocycles. The van der Waals surface area contributed by atoms with E-state index in [0.717, 1.165) is 0 Å². The summed E-state index contributed by atoms with van der Waals surface area (Å²) in [5, 5.41) is 20.6. The number of carbonyl (C=O) groups is 1. The number of carboxylic acid groups (broad SMARTS) is 1. The van der Waals surface area contributed by atoms with Crippen molar-refractivity contribution >= 4 is 5.97 Å². The fourth-order valence-electron chi connectivity index (χ4n) is 1.86. The molecule has 0 aliphatic heterocycles. The summed E-state index contributed by atoms with van der Waals surface area (Å²) >= 11 is 0. The van der Waals surface area contributed by atoms with Crippen LogP contribution >= 0.6 is 0 Å². The maximum Gasteiger partial charge on any atom is 0.358 e. The van der Waals surface area contributed by atoms with Crippen LogP contribution in [0.15, 0.2) is 10.6 Å². The smallest absolute Gasteiger partial charge is 0.358 e. The SMILES string of the molecule is Cc1cc(Cn2nnc(C(=O)O)c2CC(C)C)no1. The Morgan fingerprint density at radius 3 is 2.79 bits per heavy atom. The summed E-state index contributed by atoms with van der Waals surface area (Å²) in [5.74, 6) is -0.0355. The molecule has 7 nitrogen and oxygen atoms in total. The van der Waals surface area contributed by atoms with Crippen LogP contribution in [-0.4, -0.2) is 31.2 Å². The molecule has 0 spiro atoms. The fourth-order valence-corrected chi connectivity index (χ4v) is 1.86. The molecular weight excluding hydrogens is 248 g/mol. The van der Waals surface area contributed by atoms with Gasteiger partial charge >= 0.3 is 5.97 Å². The second kappa shape index (κ2) is 5.21. The van der Waals surface area contributed by atoms with Crippen molar-refractivity contribution in [3.05, 3.63) is 28.9 Å². The van der Waals surface area contributed by atoms with Gasteiger partial charge in [0.1, 0.15) is 11.5 Å². The minimum Gasteiger partial charge on any atom is -0.476 e. The van der Waals surface area contributed by atoms with E-state index in [-0.39, 0.29) is 5.69 Å². The second-order valence-corrected chi connectivity index (χ2v) is 4.87. The third-order valence-corrected chi connectivity index (χ3v) is 2.63. The second-order valence-electron chi connectivity index (χ2n) is 4.87. The summed E-state index contributed by atoms with van der Waals surface area (Å²) in [4.78, 5) is 11.1. The Bertz CT molecular complexity index is 586. The van der Waals surface area contributed by atoms with Gasteiger partial charge in [-0.3, -0.25) is 0 Å². The first-order chi connectivity index (χ1) is 8.97. The van der Waals surface area contributed by atoms with Gasteiger partial charge in [-0.05, 0) is 19.3 Å². The number of aromatic nitrogens is 4. The minimum absolute atomic E-state index is 0.00826. The van der Waals surface area contributed by atoms with Crippen LogP contribution in [-0.2, 0) is 13.0 Å². The molecule has 0 aliphatic carbocycles. The van der Waals surface area contributed by atoms with Crippen LogP contribution < -0.4 is 0 Å². The molecule has 0 atom stereocenters. The summed E-state index contributed by atoms with van der Waals surface area (Å²) in [6.45, 7) is 6.20. The van der Waals surface area contributed by atoms with Crippen molar-refractivity contribution in [1.29, 1.82) is 0 Å². The fraction of sp³-hybridized carbons (Fsp3) is 0.500. The Balaban J connectivity index is 2.31. The van der Waals surface area contributed by atoms with Gasteiger partial charge in [-0.1, -0.05) is 24.2 Å². The van der Waals surface area contributed by atoms with Crippen molar-refractivity contribution in [2.45, 2.75) is 33.7 Å². The third-order valence-electron chi connectivity index (χ3n) is 2.63. The number of rotatable bonds is 5. The van der Waals surface area contributed by atoms with E-state index in [1.807, 2.05) is 13.8 Å². The Hall–Kier alpha value is -2.18.